The van der Waals surface area contributed by atoms with Crippen molar-refractivity contribution >= 4 is 17.8 Å². The predicted octanol–water partition coefficient (Wildman–Crippen LogP) is 2.60. The Labute approximate surface area is 215 Å². The van der Waals surface area contributed by atoms with Crippen molar-refractivity contribution < 1.29 is 33.8 Å². The Kier molecular flexibility index (Phi) is 11.6. The summed E-state index contributed by atoms with van der Waals surface area (Å²) in [6.07, 6.45) is 10.3. The molecule has 0 aromatic carbocycles. The lowest BCUT2D eigenvalue weighted by molar-refractivity contribution is -0.146. The Bertz CT molecular complexity index is 735. The molecule has 2 heterocycles. The van der Waals surface area contributed by atoms with E-state index in [0.717, 1.165) is 64.4 Å². The van der Waals surface area contributed by atoms with Crippen molar-refractivity contribution in [1.29, 1.82) is 0 Å². The van der Waals surface area contributed by atoms with Crippen molar-refractivity contribution in [3.05, 3.63) is 0 Å². The number of esters is 1. The number of ether oxygens (including phenoxy) is 3. The highest BCUT2D eigenvalue weighted by atomic mass is 16.5. The summed E-state index contributed by atoms with van der Waals surface area (Å²) in [6, 6.07) is -0.343. The quantitative estimate of drug-likeness (QED) is 0.176. The van der Waals surface area contributed by atoms with Gasteiger partial charge >= 0.3 is 5.97 Å². The zero-order chi connectivity index (χ0) is 25.5. The van der Waals surface area contributed by atoms with E-state index in [9.17, 15) is 14.4 Å². The number of hydrogen-bond donors (Lipinski definition) is 4. The van der Waals surface area contributed by atoms with Gasteiger partial charge in [-0.05, 0) is 57.8 Å². The van der Waals surface area contributed by atoms with Crippen molar-refractivity contribution in [3.8, 4) is 0 Å². The number of methoxy groups -OCH3 is 1. The molecule has 4 fully saturated rings. The zero-order valence-corrected chi connectivity index (χ0v) is 21.2. The molecule has 0 aromatic heterocycles. The van der Waals surface area contributed by atoms with Gasteiger partial charge in [0.2, 0.25) is 11.8 Å². The maximum atomic E-state index is 12.0. The predicted molar refractivity (Wildman–Crippen MR) is 134 cm³/mol. The van der Waals surface area contributed by atoms with E-state index < -0.39 is 11.8 Å². The lowest BCUT2D eigenvalue weighted by atomic mass is 9.96. The number of carbonyl (C=O) groups is 3. The van der Waals surface area contributed by atoms with Crippen molar-refractivity contribution in [2.75, 3.05) is 20.3 Å². The molecule has 2 spiro atoms. The number of rotatable bonds is 7. The van der Waals surface area contributed by atoms with Crippen LogP contribution in [0.1, 0.15) is 91.4 Å². The van der Waals surface area contributed by atoms with E-state index in [2.05, 4.69) is 12.2 Å². The number of hydroxylamine groups is 1. The van der Waals surface area contributed by atoms with Crippen LogP contribution in [-0.4, -0.2) is 66.6 Å². The molecule has 0 bridgehead atoms. The van der Waals surface area contributed by atoms with Crippen LogP contribution in [-0.2, 0) is 28.6 Å². The fraction of sp³-hybridized carbons (Fsp3) is 0.885. The first-order chi connectivity index (χ1) is 16.8. The smallest absolute Gasteiger partial charge is 0.310 e. The average molecular weight is 514 g/mol. The minimum Gasteiger partial charge on any atom is -0.469 e. The number of hydrogen-bond acceptors (Lipinski definition) is 8. The van der Waals surface area contributed by atoms with Crippen molar-refractivity contribution in [1.82, 2.24) is 10.8 Å². The summed E-state index contributed by atoms with van der Waals surface area (Å²) in [5, 5.41) is 11.9. The molecule has 2 saturated heterocycles. The molecule has 4 aliphatic rings. The molecule has 2 amide bonds. The van der Waals surface area contributed by atoms with Gasteiger partial charge in [-0.3, -0.25) is 19.6 Å². The Balaban J connectivity index is 0.000000265. The van der Waals surface area contributed by atoms with Gasteiger partial charge < -0.3 is 25.3 Å². The topological polar surface area (TPSA) is 149 Å². The summed E-state index contributed by atoms with van der Waals surface area (Å²) < 4.78 is 16.3. The fourth-order valence-corrected chi connectivity index (χ4v) is 6.27. The van der Waals surface area contributed by atoms with Gasteiger partial charge in [-0.25, -0.2) is 5.48 Å². The summed E-state index contributed by atoms with van der Waals surface area (Å²) in [5.41, 5.74) is 7.25. The number of unbranched alkanes of at least 4 members (excludes halogenated alkanes) is 2. The van der Waals surface area contributed by atoms with Gasteiger partial charge in [0.15, 0.2) is 0 Å². The van der Waals surface area contributed by atoms with Crippen LogP contribution in [0.5, 0.6) is 0 Å². The Hall–Kier alpha value is -1.75. The zero-order valence-electron chi connectivity index (χ0n) is 21.2. The minimum absolute atomic E-state index is 0. The van der Waals surface area contributed by atoms with Crippen LogP contribution in [0.4, 0.5) is 0 Å². The molecule has 2 aliphatic carbocycles. The number of nitrogens with one attached hydrogen (secondary N) is 2. The maximum Gasteiger partial charge on any atom is 0.310 e. The Morgan fingerprint density at radius 1 is 1.00 bits per heavy atom. The van der Waals surface area contributed by atoms with E-state index in [1.807, 2.05) is 0 Å². The van der Waals surface area contributed by atoms with E-state index in [-0.39, 0.29) is 48.5 Å². The minimum atomic E-state index is -0.429. The molecule has 208 valence electrons. The first-order valence-corrected chi connectivity index (χ1v) is 13.1. The van der Waals surface area contributed by atoms with Gasteiger partial charge in [-0.2, -0.15) is 0 Å². The highest BCUT2D eigenvalue weighted by Gasteiger charge is 2.51. The summed E-state index contributed by atoms with van der Waals surface area (Å²) in [6.45, 7) is 3.61. The molecule has 0 radical (unpaired) electrons. The van der Waals surface area contributed by atoms with E-state index in [0.29, 0.717) is 25.9 Å². The SMILES string of the molecule is C.CCCCCC(=O)N[C@@H]1CC2(CCCO2)C[C@@H]1C(=O)NO.COC(=O)[C@H]1CC2(CCCO2)C[C@H]1N. The van der Waals surface area contributed by atoms with E-state index in [1.54, 1.807) is 5.48 Å². The number of amides is 2. The second-order valence-corrected chi connectivity index (χ2v) is 10.6. The molecule has 2 aliphatic heterocycles. The lowest BCUT2D eigenvalue weighted by Crippen LogP contribution is -2.43. The Morgan fingerprint density at radius 3 is 2.14 bits per heavy atom. The molecular weight excluding hydrogens is 466 g/mol. The second kappa shape index (κ2) is 13.7. The molecule has 10 heteroatoms. The van der Waals surface area contributed by atoms with E-state index >= 15 is 0 Å². The fourth-order valence-electron chi connectivity index (χ4n) is 6.27. The number of carbonyl (C=O) groups excluding carboxylic acids is 3. The van der Waals surface area contributed by atoms with Gasteiger partial charge in [-0.15, -0.1) is 0 Å². The van der Waals surface area contributed by atoms with Crippen molar-refractivity contribution in [3.63, 3.8) is 0 Å². The molecule has 2 unspecified atom stereocenters. The van der Waals surface area contributed by atoms with Gasteiger partial charge in [0.1, 0.15) is 0 Å². The van der Waals surface area contributed by atoms with Crippen LogP contribution < -0.4 is 16.5 Å². The summed E-state index contributed by atoms with van der Waals surface area (Å²) in [5.74, 6) is -1.22. The van der Waals surface area contributed by atoms with Gasteiger partial charge in [0.05, 0.1) is 30.1 Å². The maximum absolute atomic E-state index is 12.0. The normalized spacial score (nSPS) is 34.7. The van der Waals surface area contributed by atoms with Gasteiger partial charge in [-0.1, -0.05) is 27.2 Å². The Morgan fingerprint density at radius 2 is 1.61 bits per heavy atom. The first-order valence-electron chi connectivity index (χ1n) is 13.1. The molecule has 2 saturated carbocycles. The molecule has 0 aromatic rings. The van der Waals surface area contributed by atoms with E-state index in [4.69, 9.17) is 25.2 Å². The summed E-state index contributed by atoms with van der Waals surface area (Å²) >= 11 is 0. The standard InChI is InChI=1S/C15H26N2O4.C10H17NO3.CH4/c1-2-3-4-6-13(18)16-12-10-15(7-5-8-21-15)9-11(12)14(19)17-20;1-13-9(12)7-5-10(6-8(7)11)3-2-4-14-10;/h11-12,20H,2-10H2,1H3,(H,16,18)(H,17,19);7-8H,2-6,11H2,1H3;1H4/t11-,12+,15?;7-,8+,10?;/m00./s1. The van der Waals surface area contributed by atoms with E-state index in [1.165, 1.54) is 7.11 Å². The summed E-state index contributed by atoms with van der Waals surface area (Å²) in [7, 11) is 1.41. The molecule has 5 N–H and O–H groups in total. The van der Waals surface area contributed by atoms with Crippen LogP contribution >= 0.6 is 0 Å². The largest absolute Gasteiger partial charge is 0.469 e. The highest BCUT2D eigenvalue weighted by molar-refractivity contribution is 5.81. The number of nitrogens with two attached hydrogens (primary N) is 1. The lowest BCUT2D eigenvalue weighted by Gasteiger charge is -2.22. The van der Waals surface area contributed by atoms with Crippen molar-refractivity contribution in [2.24, 2.45) is 17.6 Å². The van der Waals surface area contributed by atoms with Gasteiger partial charge in [0, 0.05) is 31.7 Å². The third kappa shape index (κ3) is 7.40. The van der Waals surface area contributed by atoms with Crippen LogP contribution in [0.2, 0.25) is 0 Å². The third-order valence-electron chi connectivity index (χ3n) is 8.06. The molecule has 4 rings (SSSR count). The van der Waals surface area contributed by atoms with Crippen LogP contribution in [0.25, 0.3) is 0 Å². The van der Waals surface area contributed by atoms with Crippen LogP contribution in [0, 0.1) is 11.8 Å². The average Bonchev–Trinajstić information content (AvgIpc) is 3.63. The summed E-state index contributed by atoms with van der Waals surface area (Å²) in [4.78, 5) is 35.2. The highest BCUT2D eigenvalue weighted by Crippen LogP contribution is 2.45. The van der Waals surface area contributed by atoms with Crippen molar-refractivity contribution in [2.45, 2.75) is 115 Å². The molecular formula is C26H47N3O7. The molecule has 36 heavy (non-hydrogen) atoms. The molecule has 10 nitrogen and oxygen atoms in total. The van der Waals surface area contributed by atoms with Crippen LogP contribution in [0.3, 0.4) is 0 Å². The monoisotopic (exact) mass is 513 g/mol. The van der Waals surface area contributed by atoms with Gasteiger partial charge in [0.25, 0.3) is 0 Å². The first kappa shape index (κ1) is 30.5. The molecule has 6 atom stereocenters. The third-order valence-corrected chi connectivity index (χ3v) is 8.06. The second-order valence-electron chi connectivity index (χ2n) is 10.6. The van der Waals surface area contributed by atoms with Crippen LogP contribution in [0.15, 0.2) is 0 Å².